The van der Waals surface area contributed by atoms with Crippen molar-refractivity contribution in [3.63, 3.8) is 0 Å². The molecule has 0 aliphatic carbocycles. The van der Waals surface area contributed by atoms with Gasteiger partial charge in [0, 0.05) is 18.5 Å². The van der Waals surface area contributed by atoms with E-state index < -0.39 is 23.1 Å². The first-order valence-electron chi connectivity index (χ1n) is 11.4. The van der Waals surface area contributed by atoms with Gasteiger partial charge >= 0.3 is 12.1 Å². The van der Waals surface area contributed by atoms with Crippen LogP contribution in [0.4, 0.5) is 24.7 Å². The summed E-state index contributed by atoms with van der Waals surface area (Å²) in [6.07, 6.45) is -3.32. The van der Waals surface area contributed by atoms with Gasteiger partial charge in [0.25, 0.3) is 0 Å². The van der Waals surface area contributed by atoms with Crippen molar-refractivity contribution < 1.29 is 27.8 Å². The van der Waals surface area contributed by atoms with E-state index in [9.17, 15) is 23.1 Å². The standard InChI is InChI=1S/C26H24F3N5O3/c1-4-37-14-20-33-22(31-16-9-7-15(8-10-16)25(2,3)24(35)36)17-11-12-19(32-23(17)34-20)21-18(26(27,28)29)6-5-13-30-21/h5-13H,4,14H2,1-3H3,(H,35,36)(H,31,32,33,34). The number of carboxylic acids is 1. The minimum absolute atomic E-state index is 0.0210. The van der Waals surface area contributed by atoms with Crippen LogP contribution in [0.3, 0.4) is 0 Å². The molecular formula is C26H24F3N5O3. The normalized spacial score (nSPS) is 12.1. The number of benzene rings is 1. The first-order chi connectivity index (χ1) is 17.5. The number of ether oxygens (including phenoxy) is 1. The highest BCUT2D eigenvalue weighted by molar-refractivity contribution is 5.90. The van der Waals surface area contributed by atoms with E-state index in [0.29, 0.717) is 34.9 Å². The molecule has 0 radical (unpaired) electrons. The van der Waals surface area contributed by atoms with E-state index in [4.69, 9.17) is 4.74 Å². The van der Waals surface area contributed by atoms with Crippen molar-refractivity contribution in [1.29, 1.82) is 0 Å². The van der Waals surface area contributed by atoms with Crippen molar-refractivity contribution in [3.05, 3.63) is 71.7 Å². The van der Waals surface area contributed by atoms with Crippen molar-refractivity contribution in [3.8, 4) is 11.4 Å². The van der Waals surface area contributed by atoms with Crippen molar-refractivity contribution in [2.24, 2.45) is 0 Å². The number of halogens is 3. The predicted molar refractivity (Wildman–Crippen MR) is 131 cm³/mol. The Morgan fingerprint density at radius 2 is 1.76 bits per heavy atom. The Labute approximate surface area is 210 Å². The molecular weight excluding hydrogens is 487 g/mol. The Morgan fingerprint density at radius 1 is 1.03 bits per heavy atom. The van der Waals surface area contributed by atoms with E-state index >= 15 is 0 Å². The molecule has 0 aliphatic heterocycles. The largest absolute Gasteiger partial charge is 0.481 e. The summed E-state index contributed by atoms with van der Waals surface area (Å²) in [6, 6.07) is 12.1. The fourth-order valence-corrected chi connectivity index (χ4v) is 3.61. The minimum atomic E-state index is -4.60. The van der Waals surface area contributed by atoms with E-state index in [1.165, 1.54) is 18.3 Å². The topological polar surface area (TPSA) is 110 Å². The van der Waals surface area contributed by atoms with Crippen LogP contribution in [0.5, 0.6) is 0 Å². The SMILES string of the molecule is CCOCc1nc(Nc2ccc(C(C)(C)C(=O)O)cc2)c2ccc(-c3ncccc3C(F)(F)F)nc2n1. The van der Waals surface area contributed by atoms with E-state index in [1.54, 1.807) is 44.2 Å². The lowest BCUT2D eigenvalue weighted by atomic mass is 9.85. The second-order valence-electron chi connectivity index (χ2n) is 8.72. The first-order valence-corrected chi connectivity index (χ1v) is 11.4. The van der Waals surface area contributed by atoms with Crippen LogP contribution in [0.2, 0.25) is 0 Å². The fraction of sp³-hybridized carbons (Fsp3) is 0.269. The zero-order valence-corrected chi connectivity index (χ0v) is 20.3. The number of rotatable bonds is 8. The average Bonchev–Trinajstić information content (AvgIpc) is 2.87. The van der Waals surface area contributed by atoms with Crippen molar-refractivity contribution in [1.82, 2.24) is 19.9 Å². The van der Waals surface area contributed by atoms with Gasteiger partial charge in [-0.3, -0.25) is 9.78 Å². The van der Waals surface area contributed by atoms with Crippen LogP contribution < -0.4 is 5.32 Å². The molecule has 3 heterocycles. The molecule has 192 valence electrons. The van der Waals surface area contributed by atoms with Gasteiger partial charge in [-0.1, -0.05) is 12.1 Å². The summed E-state index contributed by atoms with van der Waals surface area (Å²) in [5, 5.41) is 13.1. The minimum Gasteiger partial charge on any atom is -0.481 e. The van der Waals surface area contributed by atoms with Crippen molar-refractivity contribution in [2.75, 3.05) is 11.9 Å². The van der Waals surface area contributed by atoms with E-state index in [0.717, 1.165) is 6.07 Å². The molecule has 0 saturated carbocycles. The van der Waals surface area contributed by atoms with Gasteiger partial charge in [0.15, 0.2) is 11.5 Å². The van der Waals surface area contributed by atoms with Gasteiger partial charge < -0.3 is 15.2 Å². The summed E-state index contributed by atoms with van der Waals surface area (Å²) in [7, 11) is 0. The number of aliphatic carboxylic acids is 1. The molecule has 3 aromatic heterocycles. The molecule has 8 nitrogen and oxygen atoms in total. The zero-order chi connectivity index (χ0) is 26.8. The number of carboxylic acid groups (broad SMARTS) is 1. The molecule has 0 unspecified atom stereocenters. The van der Waals surface area contributed by atoms with Gasteiger partial charge in [-0.15, -0.1) is 0 Å². The lowest BCUT2D eigenvalue weighted by Gasteiger charge is -2.20. The lowest BCUT2D eigenvalue weighted by Crippen LogP contribution is -2.28. The Hall–Kier alpha value is -4.12. The highest BCUT2D eigenvalue weighted by Crippen LogP contribution is 2.36. The van der Waals surface area contributed by atoms with Crippen LogP contribution in [-0.4, -0.2) is 37.6 Å². The smallest absolute Gasteiger partial charge is 0.418 e. The van der Waals surface area contributed by atoms with Crippen molar-refractivity contribution >= 4 is 28.5 Å². The van der Waals surface area contributed by atoms with Crippen LogP contribution in [0, 0.1) is 0 Å². The number of nitrogens with one attached hydrogen (secondary N) is 1. The number of hydrogen-bond donors (Lipinski definition) is 2. The molecule has 0 fully saturated rings. The predicted octanol–water partition coefficient (Wildman–Crippen LogP) is 5.75. The number of anilines is 2. The second-order valence-corrected chi connectivity index (χ2v) is 8.72. The first kappa shape index (κ1) is 26.0. The van der Waals surface area contributed by atoms with Gasteiger partial charge in [-0.2, -0.15) is 13.2 Å². The number of carbonyl (C=O) groups is 1. The maximum Gasteiger partial charge on any atom is 0.418 e. The van der Waals surface area contributed by atoms with E-state index in [2.05, 4.69) is 25.3 Å². The molecule has 11 heteroatoms. The summed E-state index contributed by atoms with van der Waals surface area (Å²) in [5.74, 6) is -0.276. The lowest BCUT2D eigenvalue weighted by molar-refractivity contribution is -0.142. The molecule has 2 N–H and O–H groups in total. The molecule has 0 aliphatic rings. The van der Waals surface area contributed by atoms with Crippen LogP contribution in [0.25, 0.3) is 22.4 Å². The van der Waals surface area contributed by atoms with E-state index in [-0.39, 0.29) is 23.6 Å². The molecule has 0 atom stereocenters. The summed E-state index contributed by atoms with van der Waals surface area (Å²) < 4.78 is 46.1. The summed E-state index contributed by atoms with van der Waals surface area (Å²) in [5.41, 5.74) is -0.815. The third-order valence-electron chi connectivity index (χ3n) is 5.80. The fourth-order valence-electron chi connectivity index (χ4n) is 3.61. The van der Waals surface area contributed by atoms with Crippen molar-refractivity contribution in [2.45, 2.75) is 39.0 Å². The van der Waals surface area contributed by atoms with E-state index in [1.807, 2.05) is 6.92 Å². The number of aromatic nitrogens is 4. The van der Waals surface area contributed by atoms with Crippen LogP contribution in [-0.2, 0) is 27.7 Å². The average molecular weight is 512 g/mol. The maximum absolute atomic E-state index is 13.6. The van der Waals surface area contributed by atoms with Gasteiger partial charge in [0.1, 0.15) is 18.1 Å². The maximum atomic E-state index is 13.6. The molecule has 0 spiro atoms. The highest BCUT2D eigenvalue weighted by atomic mass is 19.4. The Kier molecular flexibility index (Phi) is 7.08. The number of nitrogens with zero attached hydrogens (tertiary/aromatic N) is 4. The molecule has 4 aromatic rings. The molecule has 0 bridgehead atoms. The molecule has 1 aromatic carbocycles. The van der Waals surface area contributed by atoms with Crippen LogP contribution in [0.1, 0.15) is 37.7 Å². The Bertz CT molecular complexity index is 1440. The Balaban J connectivity index is 1.77. The van der Waals surface area contributed by atoms with Crippen LogP contribution in [0.15, 0.2) is 54.7 Å². The second kappa shape index (κ2) is 10.1. The molecule has 0 amide bonds. The molecule has 4 rings (SSSR count). The Morgan fingerprint density at radius 3 is 2.41 bits per heavy atom. The molecule has 0 saturated heterocycles. The summed E-state index contributed by atoms with van der Waals surface area (Å²) in [4.78, 5) is 28.8. The number of pyridine rings is 2. The zero-order valence-electron chi connectivity index (χ0n) is 20.3. The highest BCUT2D eigenvalue weighted by Gasteiger charge is 2.34. The molecule has 37 heavy (non-hydrogen) atoms. The summed E-state index contributed by atoms with van der Waals surface area (Å²) >= 11 is 0. The number of hydrogen-bond acceptors (Lipinski definition) is 7. The number of alkyl halides is 3. The summed E-state index contributed by atoms with van der Waals surface area (Å²) in [6.45, 7) is 5.55. The third-order valence-corrected chi connectivity index (χ3v) is 5.80. The third kappa shape index (κ3) is 5.51. The van der Waals surface area contributed by atoms with Gasteiger partial charge in [0.2, 0.25) is 0 Å². The van der Waals surface area contributed by atoms with Gasteiger partial charge in [0.05, 0.1) is 22.1 Å². The number of fused-ring (bicyclic) bond motifs is 1. The van der Waals surface area contributed by atoms with Gasteiger partial charge in [-0.05, 0) is 62.7 Å². The monoisotopic (exact) mass is 511 g/mol. The van der Waals surface area contributed by atoms with Crippen LogP contribution >= 0.6 is 0 Å². The van der Waals surface area contributed by atoms with Gasteiger partial charge in [-0.25, -0.2) is 15.0 Å². The quantitative estimate of drug-likeness (QED) is 0.308.